The summed E-state index contributed by atoms with van der Waals surface area (Å²) in [5, 5.41) is 3.74. The lowest BCUT2D eigenvalue weighted by molar-refractivity contribution is 0.337. The predicted octanol–water partition coefficient (Wildman–Crippen LogP) is 3.30. The second-order valence-electron chi connectivity index (χ2n) is 5.36. The van der Waals surface area contributed by atoms with Crippen molar-refractivity contribution in [2.24, 2.45) is 5.92 Å². The molecule has 1 saturated heterocycles. The summed E-state index contributed by atoms with van der Waals surface area (Å²) in [5.74, 6) is 0.222. The Bertz CT molecular complexity index is 422. The van der Waals surface area contributed by atoms with Crippen molar-refractivity contribution in [3.8, 4) is 0 Å². The van der Waals surface area contributed by atoms with Gasteiger partial charge in [0.25, 0.3) is 0 Å². The first-order valence-electron chi connectivity index (χ1n) is 6.44. The molecule has 2 nitrogen and oxygen atoms in total. The second-order valence-corrected chi connectivity index (χ2v) is 5.77. The van der Waals surface area contributed by atoms with Gasteiger partial charge in [0.2, 0.25) is 0 Å². The molecule has 1 aliphatic heterocycles. The predicted molar refractivity (Wildman–Crippen MR) is 74.8 cm³/mol. The van der Waals surface area contributed by atoms with E-state index in [1.807, 2.05) is 0 Å². The third kappa shape index (κ3) is 2.78. The van der Waals surface area contributed by atoms with E-state index >= 15 is 0 Å². The summed E-state index contributed by atoms with van der Waals surface area (Å²) in [5.41, 5.74) is 1.00. The zero-order valence-electron chi connectivity index (χ0n) is 11.1. The molecule has 0 spiro atoms. The van der Waals surface area contributed by atoms with Crippen molar-refractivity contribution in [2.75, 3.05) is 18.0 Å². The molecule has 1 aromatic carbocycles. The van der Waals surface area contributed by atoms with Crippen molar-refractivity contribution in [3.05, 3.63) is 29.0 Å². The van der Waals surface area contributed by atoms with Crippen LogP contribution in [0, 0.1) is 11.7 Å². The van der Waals surface area contributed by atoms with E-state index in [1.54, 1.807) is 12.1 Å². The number of nitrogens with zero attached hydrogens (tertiary/aromatic N) is 1. The summed E-state index contributed by atoms with van der Waals surface area (Å²) < 4.78 is 13.2. The zero-order valence-corrected chi connectivity index (χ0v) is 11.8. The van der Waals surface area contributed by atoms with Crippen molar-refractivity contribution in [2.45, 2.75) is 32.9 Å². The molecule has 1 N–H and O–H groups in total. The van der Waals surface area contributed by atoms with E-state index in [4.69, 9.17) is 11.6 Å². The molecule has 1 aliphatic rings. The van der Waals surface area contributed by atoms with Gasteiger partial charge >= 0.3 is 0 Å². The number of piperazine rings is 1. The van der Waals surface area contributed by atoms with Gasteiger partial charge in [0.15, 0.2) is 0 Å². The van der Waals surface area contributed by atoms with Gasteiger partial charge in [0.1, 0.15) is 5.82 Å². The maximum Gasteiger partial charge on any atom is 0.141 e. The minimum atomic E-state index is -0.358. The molecule has 18 heavy (non-hydrogen) atoms. The van der Waals surface area contributed by atoms with Gasteiger partial charge in [-0.2, -0.15) is 0 Å². The number of rotatable bonds is 2. The molecule has 0 aliphatic carbocycles. The monoisotopic (exact) mass is 270 g/mol. The lowest BCUT2D eigenvalue weighted by Gasteiger charge is -2.42. The highest BCUT2D eigenvalue weighted by molar-refractivity contribution is 6.31. The molecule has 1 heterocycles. The van der Waals surface area contributed by atoms with Crippen LogP contribution in [0.1, 0.15) is 20.8 Å². The Labute approximate surface area is 113 Å². The number of halogens is 2. The Balaban J connectivity index is 2.21. The fourth-order valence-electron chi connectivity index (χ4n) is 2.36. The quantitative estimate of drug-likeness (QED) is 0.887. The van der Waals surface area contributed by atoms with E-state index in [9.17, 15) is 4.39 Å². The highest BCUT2D eigenvalue weighted by Crippen LogP contribution is 2.26. The molecule has 2 rings (SSSR count). The fraction of sp³-hybridized carbons (Fsp3) is 0.571. The Morgan fingerprint density at radius 1 is 1.44 bits per heavy atom. The first-order valence-corrected chi connectivity index (χ1v) is 6.82. The van der Waals surface area contributed by atoms with Crippen LogP contribution < -0.4 is 10.2 Å². The maximum absolute atomic E-state index is 13.2. The van der Waals surface area contributed by atoms with Gasteiger partial charge in [-0.25, -0.2) is 4.39 Å². The van der Waals surface area contributed by atoms with Crippen LogP contribution in [0.3, 0.4) is 0 Å². The largest absolute Gasteiger partial charge is 0.366 e. The summed E-state index contributed by atoms with van der Waals surface area (Å²) in [4.78, 5) is 2.30. The van der Waals surface area contributed by atoms with Crippen molar-refractivity contribution in [1.29, 1.82) is 0 Å². The summed E-state index contributed by atoms with van der Waals surface area (Å²) in [7, 11) is 0. The molecule has 1 aromatic rings. The van der Waals surface area contributed by atoms with E-state index in [1.165, 1.54) is 6.07 Å². The minimum absolute atomic E-state index is 0.194. The molecule has 100 valence electrons. The molecule has 0 radical (unpaired) electrons. The molecular formula is C14H20ClFN2. The third-order valence-corrected chi connectivity index (χ3v) is 3.93. The minimum Gasteiger partial charge on any atom is -0.366 e. The molecule has 0 amide bonds. The highest BCUT2D eigenvalue weighted by atomic mass is 35.5. The third-order valence-electron chi connectivity index (χ3n) is 3.64. The van der Waals surface area contributed by atoms with Gasteiger partial charge in [0.05, 0.1) is 5.02 Å². The average molecular weight is 271 g/mol. The number of nitrogens with one attached hydrogen (secondary N) is 1. The summed E-state index contributed by atoms with van der Waals surface area (Å²) >= 11 is 5.86. The topological polar surface area (TPSA) is 15.3 Å². The van der Waals surface area contributed by atoms with Gasteiger partial charge in [0, 0.05) is 30.9 Å². The normalized spacial score (nSPS) is 24.7. The van der Waals surface area contributed by atoms with Crippen LogP contribution in [0.4, 0.5) is 10.1 Å². The van der Waals surface area contributed by atoms with Gasteiger partial charge in [-0.15, -0.1) is 0 Å². The SMILES string of the molecule is CC(C)C1CN(c2ccc(F)c(Cl)c2)C(C)CN1. The Kier molecular flexibility index (Phi) is 4.13. The van der Waals surface area contributed by atoms with Crippen LogP contribution in [-0.4, -0.2) is 25.2 Å². The number of hydrogen-bond donors (Lipinski definition) is 1. The summed E-state index contributed by atoms with van der Waals surface area (Å²) in [6, 6.07) is 5.82. The lowest BCUT2D eigenvalue weighted by Crippen LogP contribution is -2.57. The second kappa shape index (κ2) is 5.45. The standard InChI is InChI=1S/C14H20ClFN2/c1-9(2)14-8-18(10(3)7-17-14)11-4-5-13(16)12(15)6-11/h4-6,9-10,14,17H,7-8H2,1-3H3. The highest BCUT2D eigenvalue weighted by Gasteiger charge is 2.27. The number of benzene rings is 1. The molecule has 2 atom stereocenters. The first-order chi connectivity index (χ1) is 8.49. The Morgan fingerprint density at radius 2 is 2.17 bits per heavy atom. The summed E-state index contributed by atoms with van der Waals surface area (Å²) in [6.45, 7) is 8.46. The van der Waals surface area contributed by atoms with Crippen molar-refractivity contribution >= 4 is 17.3 Å². The smallest absolute Gasteiger partial charge is 0.141 e. The molecule has 0 saturated carbocycles. The zero-order chi connectivity index (χ0) is 13.3. The van der Waals surface area contributed by atoms with E-state index in [2.05, 4.69) is 31.0 Å². The van der Waals surface area contributed by atoms with E-state index < -0.39 is 0 Å². The summed E-state index contributed by atoms with van der Waals surface area (Å²) in [6.07, 6.45) is 0. The van der Waals surface area contributed by atoms with Crippen LogP contribution in [0.5, 0.6) is 0 Å². The van der Waals surface area contributed by atoms with Crippen molar-refractivity contribution < 1.29 is 4.39 Å². The first kappa shape index (κ1) is 13.6. The van der Waals surface area contributed by atoms with Gasteiger partial charge in [-0.1, -0.05) is 25.4 Å². The van der Waals surface area contributed by atoms with Crippen LogP contribution in [0.2, 0.25) is 5.02 Å². The molecular weight excluding hydrogens is 251 g/mol. The van der Waals surface area contributed by atoms with Gasteiger partial charge in [-0.3, -0.25) is 0 Å². The van der Waals surface area contributed by atoms with Crippen LogP contribution in [-0.2, 0) is 0 Å². The van der Waals surface area contributed by atoms with Crippen molar-refractivity contribution in [1.82, 2.24) is 5.32 Å². The van der Waals surface area contributed by atoms with Gasteiger partial charge in [-0.05, 0) is 31.0 Å². The Hall–Kier alpha value is -0.800. The van der Waals surface area contributed by atoms with E-state index in [0.717, 1.165) is 18.8 Å². The fourth-order valence-corrected chi connectivity index (χ4v) is 2.53. The Morgan fingerprint density at radius 3 is 2.78 bits per heavy atom. The molecule has 2 unspecified atom stereocenters. The maximum atomic E-state index is 13.2. The van der Waals surface area contributed by atoms with Crippen molar-refractivity contribution in [3.63, 3.8) is 0 Å². The number of hydrogen-bond acceptors (Lipinski definition) is 2. The van der Waals surface area contributed by atoms with E-state index in [-0.39, 0.29) is 10.8 Å². The van der Waals surface area contributed by atoms with Crippen LogP contribution in [0.15, 0.2) is 18.2 Å². The molecule has 0 bridgehead atoms. The van der Waals surface area contributed by atoms with Crippen LogP contribution >= 0.6 is 11.6 Å². The van der Waals surface area contributed by atoms with E-state index in [0.29, 0.717) is 18.0 Å². The van der Waals surface area contributed by atoms with Gasteiger partial charge < -0.3 is 10.2 Å². The lowest BCUT2D eigenvalue weighted by atomic mass is 9.99. The molecule has 4 heteroatoms. The molecule has 0 aromatic heterocycles. The number of anilines is 1. The van der Waals surface area contributed by atoms with Crippen LogP contribution in [0.25, 0.3) is 0 Å². The average Bonchev–Trinajstić information content (AvgIpc) is 2.33. The molecule has 1 fully saturated rings.